The summed E-state index contributed by atoms with van der Waals surface area (Å²) in [5.41, 5.74) is 0. The average molecular weight is 141 g/mol. The largest absolute Gasteiger partial charge is 0.343 e. The molecule has 0 aliphatic carbocycles. The Bertz CT molecular complexity index is 102. The van der Waals surface area contributed by atoms with Crippen LogP contribution in [0.3, 0.4) is 0 Å². The second-order valence-electron chi connectivity index (χ2n) is 1.39. The molecule has 0 saturated carbocycles. The second-order valence-corrected chi connectivity index (χ2v) is 1.74. The van der Waals surface area contributed by atoms with Crippen LogP contribution in [-0.4, -0.2) is 18.2 Å². The van der Waals surface area contributed by atoms with Gasteiger partial charge in [0, 0.05) is 14.0 Å². The smallest absolute Gasteiger partial charge is 0.286 e. The zero-order valence-corrected chi connectivity index (χ0v) is 5.33. The maximum atomic E-state index is 12.2. The minimum Gasteiger partial charge on any atom is -0.343 e. The average Bonchev–Trinajstić information content (AvgIpc) is 1.67. The molecule has 1 atom stereocenters. The first-order chi connectivity index (χ1) is 3.50. The monoisotopic (exact) mass is 140 g/mol. The summed E-state index contributed by atoms with van der Waals surface area (Å²) in [6.07, 6.45) is 0. The van der Waals surface area contributed by atoms with Crippen LogP contribution < -0.4 is 0 Å². The Balaban J connectivity index is 3.91. The molecule has 0 aromatic rings. The van der Waals surface area contributed by atoms with E-state index in [4.69, 9.17) is 11.6 Å². The topological polar surface area (TPSA) is 26.3 Å². The molecule has 1 unspecified atom stereocenters. The Labute approximate surface area is 51.6 Å². The number of hydrogen-bond acceptors (Lipinski definition) is 2. The predicted molar refractivity (Wildman–Crippen MR) is 27.4 cm³/mol. The number of halogens is 2. The standard InChI is InChI=1S/C4H6ClFO2/c1-4(6,8-2)3(5)7/h1-2H3. The van der Waals surface area contributed by atoms with E-state index in [0.717, 1.165) is 14.0 Å². The number of hydrogen-bond donors (Lipinski definition) is 0. The van der Waals surface area contributed by atoms with Gasteiger partial charge >= 0.3 is 0 Å². The SMILES string of the molecule is COC(C)(F)C(=O)Cl. The first-order valence-electron chi connectivity index (χ1n) is 1.94. The van der Waals surface area contributed by atoms with Crippen LogP contribution in [-0.2, 0) is 9.53 Å². The highest BCUT2D eigenvalue weighted by Gasteiger charge is 2.30. The van der Waals surface area contributed by atoms with Crippen LogP contribution in [0.5, 0.6) is 0 Å². The first kappa shape index (κ1) is 7.85. The Morgan fingerprint density at radius 2 is 2.25 bits per heavy atom. The fourth-order valence-corrected chi connectivity index (χ4v) is 0.157. The van der Waals surface area contributed by atoms with Crippen molar-refractivity contribution in [2.75, 3.05) is 7.11 Å². The van der Waals surface area contributed by atoms with Gasteiger partial charge < -0.3 is 4.74 Å². The summed E-state index contributed by atoms with van der Waals surface area (Å²) >= 11 is 4.73. The van der Waals surface area contributed by atoms with Crippen LogP contribution in [0.15, 0.2) is 0 Å². The molecule has 0 fully saturated rings. The number of carbonyl (C=O) groups excluding carboxylic acids is 1. The van der Waals surface area contributed by atoms with Crippen LogP contribution in [0.4, 0.5) is 4.39 Å². The van der Waals surface area contributed by atoms with Gasteiger partial charge in [-0.15, -0.1) is 0 Å². The van der Waals surface area contributed by atoms with Crippen molar-refractivity contribution >= 4 is 16.8 Å². The van der Waals surface area contributed by atoms with Gasteiger partial charge in [-0.1, -0.05) is 0 Å². The molecule has 0 spiro atoms. The molecule has 0 bridgehead atoms. The molecular formula is C4H6ClFO2. The van der Waals surface area contributed by atoms with Crippen molar-refractivity contribution < 1.29 is 13.9 Å². The third-order valence-corrected chi connectivity index (χ3v) is 1.07. The quantitative estimate of drug-likeness (QED) is 0.537. The van der Waals surface area contributed by atoms with Gasteiger partial charge in [-0.3, -0.25) is 4.79 Å². The van der Waals surface area contributed by atoms with E-state index in [1.807, 2.05) is 0 Å². The molecule has 0 heterocycles. The summed E-state index contributed by atoms with van der Waals surface area (Å²) in [6.45, 7) is 0.947. The zero-order valence-electron chi connectivity index (χ0n) is 4.57. The molecule has 0 amide bonds. The Morgan fingerprint density at radius 1 is 1.88 bits per heavy atom. The number of methoxy groups -OCH3 is 1. The highest BCUT2D eigenvalue weighted by atomic mass is 35.5. The zero-order chi connectivity index (χ0) is 6.78. The summed E-state index contributed by atoms with van der Waals surface area (Å²) in [4.78, 5) is 9.96. The molecule has 0 radical (unpaired) electrons. The molecule has 48 valence electrons. The molecule has 0 N–H and O–H groups in total. The first-order valence-corrected chi connectivity index (χ1v) is 2.32. The maximum Gasteiger partial charge on any atom is 0.286 e. The molecule has 0 aromatic carbocycles. The van der Waals surface area contributed by atoms with Gasteiger partial charge in [-0.05, 0) is 11.6 Å². The van der Waals surface area contributed by atoms with Crippen molar-refractivity contribution in [2.45, 2.75) is 12.8 Å². The number of ether oxygens (including phenoxy) is 1. The van der Waals surface area contributed by atoms with Crippen LogP contribution in [0.1, 0.15) is 6.92 Å². The van der Waals surface area contributed by atoms with Gasteiger partial charge in [0.2, 0.25) is 0 Å². The van der Waals surface area contributed by atoms with Crippen molar-refractivity contribution in [3.05, 3.63) is 0 Å². The van der Waals surface area contributed by atoms with Crippen molar-refractivity contribution in [3.8, 4) is 0 Å². The summed E-state index contributed by atoms with van der Waals surface area (Å²) in [6, 6.07) is 0. The molecule has 2 nitrogen and oxygen atoms in total. The lowest BCUT2D eigenvalue weighted by Crippen LogP contribution is -2.27. The van der Waals surface area contributed by atoms with Crippen LogP contribution in [0, 0.1) is 0 Å². The Kier molecular flexibility index (Phi) is 2.37. The van der Waals surface area contributed by atoms with Gasteiger partial charge in [0.15, 0.2) is 0 Å². The van der Waals surface area contributed by atoms with Gasteiger partial charge in [-0.25, -0.2) is 4.39 Å². The highest BCUT2D eigenvalue weighted by molar-refractivity contribution is 6.65. The lowest BCUT2D eigenvalue weighted by molar-refractivity contribution is -0.151. The molecule has 0 aromatic heterocycles. The summed E-state index contributed by atoms with van der Waals surface area (Å²) < 4.78 is 16.3. The van der Waals surface area contributed by atoms with Gasteiger partial charge in [0.05, 0.1) is 0 Å². The predicted octanol–water partition coefficient (Wildman–Crippen LogP) is 1.08. The van der Waals surface area contributed by atoms with Crippen LogP contribution >= 0.6 is 11.6 Å². The van der Waals surface area contributed by atoms with E-state index < -0.39 is 11.1 Å². The van der Waals surface area contributed by atoms with Gasteiger partial charge in [0.25, 0.3) is 11.1 Å². The number of alkyl halides is 1. The highest BCUT2D eigenvalue weighted by Crippen LogP contribution is 2.13. The van der Waals surface area contributed by atoms with E-state index >= 15 is 0 Å². The van der Waals surface area contributed by atoms with E-state index in [0.29, 0.717) is 0 Å². The second kappa shape index (κ2) is 2.42. The van der Waals surface area contributed by atoms with E-state index in [9.17, 15) is 9.18 Å². The molecule has 4 heteroatoms. The fourth-order valence-electron chi connectivity index (χ4n) is 0.0802. The van der Waals surface area contributed by atoms with E-state index in [2.05, 4.69) is 4.74 Å². The van der Waals surface area contributed by atoms with E-state index in [1.165, 1.54) is 0 Å². The van der Waals surface area contributed by atoms with E-state index in [1.54, 1.807) is 0 Å². The van der Waals surface area contributed by atoms with Crippen molar-refractivity contribution in [3.63, 3.8) is 0 Å². The summed E-state index contributed by atoms with van der Waals surface area (Å²) in [5, 5.41) is -1.14. The lowest BCUT2D eigenvalue weighted by atomic mass is 10.4. The molecule has 8 heavy (non-hydrogen) atoms. The maximum absolute atomic E-state index is 12.2. The lowest BCUT2D eigenvalue weighted by Gasteiger charge is -2.10. The molecule has 0 aliphatic heterocycles. The molecule has 0 aliphatic rings. The van der Waals surface area contributed by atoms with Crippen LogP contribution in [0.25, 0.3) is 0 Å². The minimum atomic E-state index is -2.33. The number of carbonyl (C=O) groups is 1. The molecule has 0 saturated heterocycles. The Morgan fingerprint density at radius 3 is 2.25 bits per heavy atom. The molecular weight excluding hydrogens is 134 g/mol. The third-order valence-electron chi connectivity index (χ3n) is 0.734. The third kappa shape index (κ3) is 1.76. The van der Waals surface area contributed by atoms with Crippen molar-refractivity contribution in [1.82, 2.24) is 0 Å². The van der Waals surface area contributed by atoms with Gasteiger partial charge in [-0.2, -0.15) is 0 Å². The normalized spacial score (nSPS) is 17.5. The number of rotatable bonds is 2. The van der Waals surface area contributed by atoms with Gasteiger partial charge in [0.1, 0.15) is 0 Å². The van der Waals surface area contributed by atoms with E-state index in [-0.39, 0.29) is 0 Å². The minimum absolute atomic E-state index is 0.947. The summed E-state index contributed by atoms with van der Waals surface area (Å²) in [7, 11) is 1.07. The van der Waals surface area contributed by atoms with Crippen molar-refractivity contribution in [1.29, 1.82) is 0 Å². The summed E-state index contributed by atoms with van der Waals surface area (Å²) in [5.74, 6) is -2.33. The fraction of sp³-hybridized carbons (Fsp3) is 0.750. The van der Waals surface area contributed by atoms with Crippen molar-refractivity contribution in [2.24, 2.45) is 0 Å². The van der Waals surface area contributed by atoms with Crippen LogP contribution in [0.2, 0.25) is 0 Å². The Hall–Kier alpha value is -0.150. The molecule has 0 rings (SSSR count).